The van der Waals surface area contributed by atoms with Crippen LogP contribution in [0.3, 0.4) is 0 Å². The minimum absolute atomic E-state index is 0.137. The van der Waals surface area contributed by atoms with Gasteiger partial charge in [0.1, 0.15) is 6.61 Å². The van der Waals surface area contributed by atoms with Gasteiger partial charge in [-0.2, -0.15) is 0 Å². The van der Waals surface area contributed by atoms with E-state index in [0.29, 0.717) is 17.0 Å². The smallest absolute Gasteiger partial charge is 0.233 e. The van der Waals surface area contributed by atoms with E-state index < -0.39 is 0 Å². The molecule has 0 N–H and O–H groups in total. The van der Waals surface area contributed by atoms with Crippen LogP contribution in [0, 0.1) is 5.92 Å². The average molecular weight is 349 g/mol. The Kier molecular flexibility index (Phi) is 7.17. The van der Waals surface area contributed by atoms with Crippen molar-refractivity contribution in [1.82, 2.24) is 0 Å². The Labute approximate surface area is 135 Å². The molecule has 0 saturated heterocycles. The maximum Gasteiger partial charge on any atom is 0.233 e. The van der Waals surface area contributed by atoms with Gasteiger partial charge in [0.05, 0.1) is 4.48 Å². The van der Waals surface area contributed by atoms with Gasteiger partial charge in [-0.05, 0) is 40.4 Å². The van der Waals surface area contributed by atoms with Crippen molar-refractivity contribution < 1.29 is 9.53 Å². The molecule has 0 bridgehead atoms. The maximum atomic E-state index is 12.1. The predicted octanol–water partition coefficient (Wildman–Crippen LogP) is 5.17. The lowest BCUT2D eigenvalue weighted by atomic mass is 10.1. The molecule has 21 heavy (non-hydrogen) atoms. The SMILES string of the molecule is C=C(OCc1ccccc1)C(=O)/C(Br)=C\C=C(/C)C(C)C. The number of ketones is 1. The van der Waals surface area contributed by atoms with E-state index in [9.17, 15) is 4.79 Å². The summed E-state index contributed by atoms with van der Waals surface area (Å²) < 4.78 is 5.87. The quantitative estimate of drug-likeness (QED) is 0.386. The summed E-state index contributed by atoms with van der Waals surface area (Å²) in [5.41, 5.74) is 2.21. The molecule has 0 aromatic heterocycles. The standard InChI is InChI=1S/C18H21BrO2/c1-13(2)14(3)10-11-17(19)18(20)15(4)21-12-16-8-6-5-7-9-16/h5-11,13H,4,12H2,1-3H3/b14-10+,17-11+. The first-order valence-electron chi connectivity index (χ1n) is 6.86. The highest BCUT2D eigenvalue weighted by atomic mass is 79.9. The van der Waals surface area contributed by atoms with Gasteiger partial charge in [0.15, 0.2) is 5.76 Å². The van der Waals surface area contributed by atoms with Crippen molar-refractivity contribution in [2.75, 3.05) is 0 Å². The highest BCUT2D eigenvalue weighted by Crippen LogP contribution is 2.16. The van der Waals surface area contributed by atoms with Gasteiger partial charge < -0.3 is 4.74 Å². The summed E-state index contributed by atoms with van der Waals surface area (Å²) in [5, 5.41) is 0. The topological polar surface area (TPSA) is 26.3 Å². The van der Waals surface area contributed by atoms with Crippen LogP contribution in [0.5, 0.6) is 0 Å². The molecule has 1 aromatic carbocycles. The van der Waals surface area contributed by atoms with E-state index in [1.165, 1.54) is 5.57 Å². The fourth-order valence-corrected chi connectivity index (χ4v) is 1.77. The van der Waals surface area contributed by atoms with Gasteiger partial charge in [-0.3, -0.25) is 4.79 Å². The molecule has 0 amide bonds. The summed E-state index contributed by atoms with van der Waals surface area (Å²) in [5.74, 6) is 0.352. The summed E-state index contributed by atoms with van der Waals surface area (Å²) in [7, 11) is 0. The number of hydrogen-bond acceptors (Lipinski definition) is 2. The number of halogens is 1. The van der Waals surface area contributed by atoms with Crippen LogP contribution in [0.25, 0.3) is 0 Å². The van der Waals surface area contributed by atoms with Gasteiger partial charge in [-0.25, -0.2) is 0 Å². The van der Waals surface area contributed by atoms with Gasteiger partial charge >= 0.3 is 0 Å². The Hall–Kier alpha value is -1.61. The zero-order chi connectivity index (χ0) is 15.8. The van der Waals surface area contributed by atoms with Crippen molar-refractivity contribution >= 4 is 21.7 Å². The van der Waals surface area contributed by atoms with E-state index in [4.69, 9.17) is 4.74 Å². The number of hydrogen-bond donors (Lipinski definition) is 0. The summed E-state index contributed by atoms with van der Waals surface area (Å²) in [4.78, 5) is 12.1. The van der Waals surface area contributed by atoms with Gasteiger partial charge in [-0.1, -0.05) is 62.4 Å². The molecule has 0 aliphatic carbocycles. The highest BCUT2D eigenvalue weighted by molar-refractivity contribution is 9.12. The molecule has 0 aliphatic rings. The van der Waals surface area contributed by atoms with Crippen molar-refractivity contribution in [2.45, 2.75) is 27.4 Å². The summed E-state index contributed by atoms with van der Waals surface area (Å²) >= 11 is 3.27. The second-order valence-electron chi connectivity index (χ2n) is 5.11. The van der Waals surface area contributed by atoms with Crippen LogP contribution >= 0.6 is 15.9 Å². The molecule has 0 heterocycles. The molecule has 1 aromatic rings. The molecule has 1 rings (SSSR count). The van der Waals surface area contributed by atoms with Gasteiger partial charge in [0.2, 0.25) is 5.78 Å². The molecule has 112 valence electrons. The van der Waals surface area contributed by atoms with Crippen molar-refractivity contribution in [3.63, 3.8) is 0 Å². The maximum absolute atomic E-state index is 12.1. The largest absolute Gasteiger partial charge is 0.485 e. The minimum atomic E-state index is -0.237. The zero-order valence-electron chi connectivity index (χ0n) is 12.7. The molecule has 2 nitrogen and oxygen atoms in total. The first-order chi connectivity index (χ1) is 9.91. The van der Waals surface area contributed by atoms with Gasteiger partial charge in [0.25, 0.3) is 0 Å². The second-order valence-corrected chi connectivity index (χ2v) is 5.96. The number of benzene rings is 1. The van der Waals surface area contributed by atoms with E-state index in [0.717, 1.165) is 5.56 Å². The molecular formula is C18H21BrO2. The van der Waals surface area contributed by atoms with Crippen molar-refractivity contribution in [3.05, 3.63) is 70.4 Å². The lowest BCUT2D eigenvalue weighted by Crippen LogP contribution is -2.05. The molecule has 0 atom stereocenters. The lowest BCUT2D eigenvalue weighted by Gasteiger charge is -2.08. The van der Waals surface area contributed by atoms with Crippen molar-refractivity contribution in [3.8, 4) is 0 Å². The van der Waals surface area contributed by atoms with E-state index in [2.05, 4.69) is 36.4 Å². The Morgan fingerprint density at radius 2 is 1.90 bits per heavy atom. The number of allylic oxidation sites excluding steroid dienone is 4. The first-order valence-corrected chi connectivity index (χ1v) is 7.65. The van der Waals surface area contributed by atoms with Crippen LogP contribution in [0.2, 0.25) is 0 Å². The van der Waals surface area contributed by atoms with Gasteiger partial charge in [0, 0.05) is 0 Å². The van der Waals surface area contributed by atoms with E-state index in [-0.39, 0.29) is 11.5 Å². The van der Waals surface area contributed by atoms with Crippen LogP contribution in [0.15, 0.2) is 64.9 Å². The Morgan fingerprint density at radius 1 is 1.29 bits per heavy atom. The molecule has 0 spiro atoms. The third-order valence-corrected chi connectivity index (χ3v) is 3.75. The van der Waals surface area contributed by atoms with E-state index in [1.807, 2.05) is 43.3 Å². The second kappa shape index (κ2) is 8.63. The fraction of sp³-hybridized carbons (Fsp3) is 0.278. The number of ether oxygens (including phenoxy) is 1. The molecule has 0 fully saturated rings. The number of Topliss-reactive ketones (excluding diaryl/α,β-unsaturated/α-hetero) is 1. The van der Waals surface area contributed by atoms with Crippen LogP contribution in [0.1, 0.15) is 26.3 Å². The fourth-order valence-electron chi connectivity index (χ4n) is 1.42. The molecule has 0 saturated carbocycles. The summed E-state index contributed by atoms with van der Waals surface area (Å²) in [6, 6.07) is 9.68. The van der Waals surface area contributed by atoms with Crippen molar-refractivity contribution in [2.24, 2.45) is 5.92 Å². The molecule has 3 heteroatoms. The summed E-state index contributed by atoms with van der Waals surface area (Å²) in [6.45, 7) is 10.3. The Bertz CT molecular complexity index is 554. The lowest BCUT2D eigenvalue weighted by molar-refractivity contribution is -0.114. The normalized spacial score (nSPS) is 12.4. The number of carbonyl (C=O) groups excluding carboxylic acids is 1. The molecule has 0 unspecified atom stereocenters. The highest BCUT2D eigenvalue weighted by Gasteiger charge is 2.12. The molecule has 0 radical (unpaired) electrons. The Balaban J connectivity index is 2.60. The van der Waals surface area contributed by atoms with Crippen LogP contribution in [0.4, 0.5) is 0 Å². The third-order valence-electron chi connectivity index (χ3n) is 3.13. The number of carbonyl (C=O) groups is 1. The third kappa shape index (κ3) is 6.13. The van der Waals surface area contributed by atoms with Crippen LogP contribution in [-0.4, -0.2) is 5.78 Å². The molecular weight excluding hydrogens is 328 g/mol. The predicted molar refractivity (Wildman–Crippen MR) is 91.0 cm³/mol. The van der Waals surface area contributed by atoms with E-state index in [1.54, 1.807) is 6.08 Å². The first kappa shape index (κ1) is 17.4. The number of rotatable bonds is 7. The van der Waals surface area contributed by atoms with E-state index >= 15 is 0 Å². The minimum Gasteiger partial charge on any atom is -0.485 e. The average Bonchev–Trinajstić information content (AvgIpc) is 2.49. The Morgan fingerprint density at radius 3 is 2.48 bits per heavy atom. The molecule has 0 aliphatic heterocycles. The van der Waals surface area contributed by atoms with Crippen LogP contribution in [-0.2, 0) is 16.1 Å². The zero-order valence-corrected chi connectivity index (χ0v) is 14.3. The monoisotopic (exact) mass is 348 g/mol. The van der Waals surface area contributed by atoms with Gasteiger partial charge in [-0.15, -0.1) is 0 Å². The summed E-state index contributed by atoms with van der Waals surface area (Å²) in [6.07, 6.45) is 3.67. The van der Waals surface area contributed by atoms with Crippen molar-refractivity contribution in [1.29, 1.82) is 0 Å². The van der Waals surface area contributed by atoms with Crippen LogP contribution < -0.4 is 0 Å².